The van der Waals surface area contributed by atoms with Crippen LogP contribution in [-0.4, -0.2) is 39.5 Å². The van der Waals surface area contributed by atoms with Crippen LogP contribution in [0, 0.1) is 0 Å². The number of aromatic nitrogens is 2. The van der Waals surface area contributed by atoms with Gasteiger partial charge in [0.1, 0.15) is 5.69 Å². The number of amides is 2. The van der Waals surface area contributed by atoms with Gasteiger partial charge in [-0.3, -0.25) is 14.7 Å². The summed E-state index contributed by atoms with van der Waals surface area (Å²) in [5, 5.41) is 9.63. The molecular formula is C18H20N4O2. The number of carbonyl (C=O) groups is 2. The summed E-state index contributed by atoms with van der Waals surface area (Å²) in [6, 6.07) is 9.38. The van der Waals surface area contributed by atoms with Crippen molar-refractivity contribution >= 4 is 17.5 Å². The fraction of sp³-hybridized carbons (Fsp3) is 0.389. The minimum absolute atomic E-state index is 0.0158. The number of hydrogen-bond acceptors (Lipinski definition) is 3. The van der Waals surface area contributed by atoms with Crippen molar-refractivity contribution in [2.45, 2.75) is 37.6 Å². The molecule has 0 saturated carbocycles. The molecule has 6 nitrogen and oxygen atoms in total. The van der Waals surface area contributed by atoms with Crippen molar-refractivity contribution in [3.05, 3.63) is 47.8 Å². The summed E-state index contributed by atoms with van der Waals surface area (Å²) in [5.74, 6) is -0.0675. The molecule has 1 saturated heterocycles. The smallest absolute Gasteiger partial charge is 0.272 e. The van der Waals surface area contributed by atoms with Crippen LogP contribution in [0.4, 0.5) is 5.69 Å². The topological polar surface area (TPSA) is 78.1 Å². The first-order valence-corrected chi connectivity index (χ1v) is 8.40. The van der Waals surface area contributed by atoms with Gasteiger partial charge in [-0.2, -0.15) is 5.10 Å². The Kier molecular flexibility index (Phi) is 3.40. The number of nitrogens with one attached hydrogen (secondary N) is 2. The molecule has 0 radical (unpaired) electrons. The third kappa shape index (κ3) is 1.92. The lowest BCUT2D eigenvalue weighted by Gasteiger charge is -2.33. The van der Waals surface area contributed by atoms with Gasteiger partial charge in [-0.25, -0.2) is 0 Å². The first kappa shape index (κ1) is 14.9. The third-order valence-corrected chi connectivity index (χ3v) is 5.31. The summed E-state index contributed by atoms with van der Waals surface area (Å²) in [6.07, 6.45) is 3.93. The van der Waals surface area contributed by atoms with E-state index < -0.39 is 5.41 Å². The zero-order valence-corrected chi connectivity index (χ0v) is 13.6. The predicted octanol–water partition coefficient (Wildman–Crippen LogP) is 2.31. The average molecular weight is 324 g/mol. The number of rotatable bonds is 3. The van der Waals surface area contributed by atoms with E-state index in [1.807, 2.05) is 29.2 Å². The monoisotopic (exact) mass is 324 g/mol. The van der Waals surface area contributed by atoms with E-state index in [1.165, 1.54) is 0 Å². The lowest BCUT2D eigenvalue weighted by Crippen LogP contribution is -2.48. The second kappa shape index (κ2) is 5.47. The summed E-state index contributed by atoms with van der Waals surface area (Å²) < 4.78 is 0. The molecule has 2 aliphatic heterocycles. The van der Waals surface area contributed by atoms with Gasteiger partial charge >= 0.3 is 0 Å². The molecule has 1 aromatic heterocycles. The van der Waals surface area contributed by atoms with Crippen LogP contribution in [0.2, 0.25) is 0 Å². The van der Waals surface area contributed by atoms with Gasteiger partial charge in [-0.05, 0) is 30.5 Å². The van der Waals surface area contributed by atoms with Gasteiger partial charge in [0, 0.05) is 18.4 Å². The third-order valence-electron chi connectivity index (χ3n) is 5.31. The van der Waals surface area contributed by atoms with Gasteiger partial charge in [0.2, 0.25) is 5.91 Å². The summed E-state index contributed by atoms with van der Waals surface area (Å²) in [4.78, 5) is 27.6. The Bertz CT molecular complexity index is 786. The maximum Gasteiger partial charge on any atom is 0.272 e. The van der Waals surface area contributed by atoms with Gasteiger partial charge in [0.05, 0.1) is 11.5 Å². The molecule has 0 unspecified atom stereocenters. The van der Waals surface area contributed by atoms with Gasteiger partial charge in [0.15, 0.2) is 0 Å². The molecule has 2 aliphatic rings. The highest BCUT2D eigenvalue weighted by Gasteiger charge is 2.58. The molecule has 0 aliphatic carbocycles. The molecule has 1 fully saturated rings. The van der Waals surface area contributed by atoms with E-state index in [1.54, 1.807) is 12.3 Å². The molecule has 24 heavy (non-hydrogen) atoms. The molecule has 2 amide bonds. The van der Waals surface area contributed by atoms with Crippen LogP contribution in [0.5, 0.6) is 0 Å². The van der Waals surface area contributed by atoms with Gasteiger partial charge in [-0.15, -0.1) is 0 Å². The van der Waals surface area contributed by atoms with Crippen LogP contribution < -0.4 is 5.32 Å². The van der Waals surface area contributed by atoms with E-state index in [0.29, 0.717) is 18.7 Å². The highest BCUT2D eigenvalue weighted by atomic mass is 16.2. The Morgan fingerprint density at radius 1 is 1.38 bits per heavy atom. The number of nitrogens with zero attached hydrogens (tertiary/aromatic N) is 2. The van der Waals surface area contributed by atoms with Gasteiger partial charge in [-0.1, -0.05) is 31.5 Å². The molecule has 2 N–H and O–H groups in total. The minimum Gasteiger partial charge on any atom is -0.333 e. The maximum atomic E-state index is 12.9. The Morgan fingerprint density at radius 2 is 2.21 bits per heavy atom. The average Bonchev–Trinajstić information content (AvgIpc) is 3.29. The molecular weight excluding hydrogens is 304 g/mol. The van der Waals surface area contributed by atoms with Crippen molar-refractivity contribution in [3.63, 3.8) is 0 Å². The van der Waals surface area contributed by atoms with Crippen molar-refractivity contribution in [1.82, 2.24) is 15.1 Å². The van der Waals surface area contributed by atoms with Crippen LogP contribution in [0.25, 0.3) is 0 Å². The van der Waals surface area contributed by atoms with E-state index in [2.05, 4.69) is 22.4 Å². The number of carbonyl (C=O) groups excluding carboxylic acids is 2. The van der Waals surface area contributed by atoms with Crippen molar-refractivity contribution < 1.29 is 9.59 Å². The van der Waals surface area contributed by atoms with E-state index in [9.17, 15) is 9.59 Å². The highest BCUT2D eigenvalue weighted by molar-refractivity contribution is 6.08. The number of fused-ring (bicyclic) bond motifs is 2. The Balaban J connectivity index is 1.77. The number of H-pyrrole nitrogens is 1. The van der Waals surface area contributed by atoms with E-state index in [0.717, 1.165) is 24.1 Å². The van der Waals surface area contributed by atoms with Crippen LogP contribution in [0.3, 0.4) is 0 Å². The SMILES string of the molecule is CCC[C@@H]1N(C(=O)c2ccn[nH]2)CC[C@]12C(=O)Nc1ccccc12. The molecule has 6 heteroatoms. The van der Waals surface area contributed by atoms with E-state index >= 15 is 0 Å². The van der Waals surface area contributed by atoms with Crippen LogP contribution in [-0.2, 0) is 10.2 Å². The fourth-order valence-electron chi connectivity index (χ4n) is 4.25. The molecule has 1 spiro atoms. The van der Waals surface area contributed by atoms with E-state index in [-0.39, 0.29) is 17.9 Å². The molecule has 1 aromatic carbocycles. The van der Waals surface area contributed by atoms with Crippen molar-refractivity contribution in [2.24, 2.45) is 0 Å². The van der Waals surface area contributed by atoms with E-state index in [4.69, 9.17) is 0 Å². The lowest BCUT2D eigenvalue weighted by molar-refractivity contribution is -0.121. The van der Waals surface area contributed by atoms with Crippen LogP contribution in [0.15, 0.2) is 36.5 Å². The largest absolute Gasteiger partial charge is 0.333 e. The Labute approximate surface area is 140 Å². The number of aromatic amines is 1. The van der Waals surface area contributed by atoms with Crippen molar-refractivity contribution in [2.75, 3.05) is 11.9 Å². The van der Waals surface area contributed by atoms with Crippen LogP contribution >= 0.6 is 0 Å². The molecule has 124 valence electrons. The predicted molar refractivity (Wildman–Crippen MR) is 89.7 cm³/mol. The zero-order chi connectivity index (χ0) is 16.7. The maximum absolute atomic E-state index is 12.9. The molecule has 4 rings (SSSR count). The molecule has 0 bridgehead atoms. The standard InChI is InChI=1S/C18H20N4O2/c1-2-5-15-18(12-6-3-4-7-13(12)20-17(18)24)9-11-22(15)16(23)14-8-10-19-21-14/h3-4,6-8,10,15H,2,5,9,11H2,1H3,(H,19,21)(H,20,24)/t15-,18+/m0/s1. The second-order valence-corrected chi connectivity index (χ2v) is 6.49. The first-order chi connectivity index (χ1) is 11.7. The Hall–Kier alpha value is -2.63. The normalized spacial score (nSPS) is 25.1. The zero-order valence-electron chi connectivity index (χ0n) is 13.6. The summed E-state index contributed by atoms with van der Waals surface area (Å²) in [5.41, 5.74) is 1.73. The van der Waals surface area contributed by atoms with Gasteiger partial charge in [0.25, 0.3) is 5.91 Å². The molecule has 3 heterocycles. The molecule has 2 atom stereocenters. The van der Waals surface area contributed by atoms with Crippen LogP contribution in [0.1, 0.15) is 42.2 Å². The number of benzene rings is 1. The minimum atomic E-state index is -0.637. The first-order valence-electron chi connectivity index (χ1n) is 8.40. The highest BCUT2D eigenvalue weighted by Crippen LogP contribution is 2.49. The summed E-state index contributed by atoms with van der Waals surface area (Å²) in [7, 11) is 0. The van der Waals surface area contributed by atoms with Crippen molar-refractivity contribution in [1.29, 1.82) is 0 Å². The number of para-hydroxylation sites is 1. The number of hydrogen-bond donors (Lipinski definition) is 2. The molecule has 2 aromatic rings. The number of likely N-dealkylation sites (tertiary alicyclic amines) is 1. The van der Waals surface area contributed by atoms with Crippen molar-refractivity contribution in [3.8, 4) is 0 Å². The second-order valence-electron chi connectivity index (χ2n) is 6.49. The number of anilines is 1. The fourth-order valence-corrected chi connectivity index (χ4v) is 4.25. The summed E-state index contributed by atoms with van der Waals surface area (Å²) in [6.45, 7) is 2.66. The van der Waals surface area contributed by atoms with Gasteiger partial charge < -0.3 is 10.2 Å². The summed E-state index contributed by atoms with van der Waals surface area (Å²) >= 11 is 0. The quantitative estimate of drug-likeness (QED) is 0.909. The lowest BCUT2D eigenvalue weighted by atomic mass is 9.73. The Morgan fingerprint density at radius 3 is 2.96 bits per heavy atom.